The number of ether oxygens (including phenoxy) is 3. The van der Waals surface area contributed by atoms with Crippen LogP contribution in [0.15, 0.2) is 18.2 Å². The normalized spacial score (nSPS) is 15.0. The number of piperidine rings is 1. The Balaban J connectivity index is 2.07. The summed E-state index contributed by atoms with van der Waals surface area (Å²) in [6.45, 7) is 5.93. The molecule has 1 fully saturated rings. The van der Waals surface area contributed by atoms with Crippen molar-refractivity contribution in [3.05, 3.63) is 23.8 Å². The van der Waals surface area contributed by atoms with E-state index in [1.165, 1.54) is 7.11 Å². The van der Waals surface area contributed by atoms with E-state index in [1.807, 2.05) is 13.8 Å². The molecule has 1 aromatic rings. The van der Waals surface area contributed by atoms with Crippen LogP contribution in [0.1, 0.15) is 37.0 Å². The molecule has 0 bridgehead atoms. The highest BCUT2D eigenvalue weighted by atomic mass is 16.5. The minimum Gasteiger partial charge on any atom is -0.490 e. The lowest BCUT2D eigenvalue weighted by Crippen LogP contribution is -2.40. The monoisotopic (exact) mass is 335 g/mol. The zero-order chi connectivity index (χ0) is 17.5. The first-order chi connectivity index (χ1) is 11.6. The van der Waals surface area contributed by atoms with Crippen molar-refractivity contribution in [1.82, 2.24) is 4.90 Å². The molecule has 1 aliphatic heterocycles. The number of rotatable bonds is 6. The van der Waals surface area contributed by atoms with Crippen molar-refractivity contribution in [3.63, 3.8) is 0 Å². The van der Waals surface area contributed by atoms with Gasteiger partial charge in [0.15, 0.2) is 11.5 Å². The Morgan fingerprint density at radius 3 is 2.29 bits per heavy atom. The van der Waals surface area contributed by atoms with E-state index in [0.717, 1.165) is 0 Å². The second-order valence-corrected chi connectivity index (χ2v) is 5.62. The quantitative estimate of drug-likeness (QED) is 0.748. The predicted octanol–water partition coefficient (Wildman–Crippen LogP) is 2.51. The summed E-state index contributed by atoms with van der Waals surface area (Å²) in [5.74, 6) is 0.859. The van der Waals surface area contributed by atoms with Gasteiger partial charge < -0.3 is 19.1 Å². The Morgan fingerprint density at radius 2 is 1.71 bits per heavy atom. The van der Waals surface area contributed by atoms with E-state index in [2.05, 4.69) is 0 Å². The Labute approximate surface area is 142 Å². The first-order valence-electron chi connectivity index (χ1n) is 8.37. The minimum absolute atomic E-state index is 0.0534. The van der Waals surface area contributed by atoms with Gasteiger partial charge >= 0.3 is 5.97 Å². The molecule has 0 radical (unpaired) electrons. The van der Waals surface area contributed by atoms with E-state index in [-0.39, 0.29) is 17.8 Å². The van der Waals surface area contributed by atoms with Crippen LogP contribution in [0.2, 0.25) is 0 Å². The Hall–Kier alpha value is -2.24. The maximum atomic E-state index is 12.7. The molecule has 24 heavy (non-hydrogen) atoms. The first-order valence-corrected chi connectivity index (χ1v) is 8.37. The summed E-state index contributed by atoms with van der Waals surface area (Å²) in [5.41, 5.74) is 0.568. The molecule has 0 atom stereocenters. The second-order valence-electron chi connectivity index (χ2n) is 5.62. The molecule has 0 N–H and O–H groups in total. The molecule has 1 heterocycles. The number of hydrogen-bond donors (Lipinski definition) is 0. The number of amides is 1. The molecule has 0 aliphatic carbocycles. The molecular weight excluding hydrogens is 310 g/mol. The lowest BCUT2D eigenvalue weighted by Gasteiger charge is -2.30. The van der Waals surface area contributed by atoms with Crippen molar-refractivity contribution in [2.75, 3.05) is 33.4 Å². The van der Waals surface area contributed by atoms with Gasteiger partial charge in [0, 0.05) is 18.7 Å². The van der Waals surface area contributed by atoms with Gasteiger partial charge in [0.1, 0.15) is 0 Å². The summed E-state index contributed by atoms with van der Waals surface area (Å²) >= 11 is 0. The first kappa shape index (κ1) is 18.1. The minimum atomic E-state index is -0.193. The summed E-state index contributed by atoms with van der Waals surface area (Å²) in [4.78, 5) is 26.0. The highest BCUT2D eigenvalue weighted by molar-refractivity contribution is 5.95. The summed E-state index contributed by atoms with van der Waals surface area (Å²) in [5, 5.41) is 0. The number of methoxy groups -OCH3 is 1. The van der Waals surface area contributed by atoms with E-state index in [4.69, 9.17) is 14.2 Å². The smallest absolute Gasteiger partial charge is 0.308 e. The third-order valence-corrected chi connectivity index (χ3v) is 4.11. The zero-order valence-corrected chi connectivity index (χ0v) is 14.5. The molecule has 1 amide bonds. The number of carbonyl (C=O) groups excluding carboxylic acids is 2. The van der Waals surface area contributed by atoms with Gasteiger partial charge in [-0.1, -0.05) is 0 Å². The number of carbonyl (C=O) groups is 2. The second kappa shape index (κ2) is 8.57. The summed E-state index contributed by atoms with van der Waals surface area (Å²) in [6.07, 6.45) is 1.27. The molecule has 1 saturated heterocycles. The van der Waals surface area contributed by atoms with Gasteiger partial charge in [-0.3, -0.25) is 9.59 Å². The van der Waals surface area contributed by atoms with Crippen molar-refractivity contribution in [3.8, 4) is 11.5 Å². The molecule has 0 unspecified atom stereocenters. The fourth-order valence-corrected chi connectivity index (χ4v) is 2.85. The van der Waals surface area contributed by atoms with Crippen molar-refractivity contribution < 1.29 is 23.8 Å². The van der Waals surface area contributed by atoms with E-state index >= 15 is 0 Å². The molecule has 0 saturated carbocycles. The number of likely N-dealkylation sites (tertiary alicyclic amines) is 1. The molecule has 2 rings (SSSR count). The Morgan fingerprint density at radius 1 is 1.08 bits per heavy atom. The van der Waals surface area contributed by atoms with Crippen LogP contribution in [-0.4, -0.2) is 50.2 Å². The van der Waals surface area contributed by atoms with Crippen LogP contribution in [0.4, 0.5) is 0 Å². The van der Waals surface area contributed by atoms with Gasteiger partial charge in [0.05, 0.1) is 26.2 Å². The van der Waals surface area contributed by atoms with Gasteiger partial charge in [-0.15, -0.1) is 0 Å². The average Bonchev–Trinajstić information content (AvgIpc) is 2.62. The van der Waals surface area contributed by atoms with Crippen LogP contribution < -0.4 is 9.47 Å². The molecular formula is C18H25NO5. The largest absolute Gasteiger partial charge is 0.490 e. The van der Waals surface area contributed by atoms with Crippen LogP contribution in [0.3, 0.4) is 0 Å². The lowest BCUT2D eigenvalue weighted by molar-refractivity contribution is -0.146. The lowest BCUT2D eigenvalue weighted by atomic mass is 9.96. The summed E-state index contributed by atoms with van der Waals surface area (Å²) in [6, 6.07) is 5.24. The molecule has 1 aromatic carbocycles. The Kier molecular flexibility index (Phi) is 6.46. The van der Waals surface area contributed by atoms with Crippen LogP contribution in [0.25, 0.3) is 0 Å². The van der Waals surface area contributed by atoms with Crippen LogP contribution in [0.5, 0.6) is 11.5 Å². The fourth-order valence-electron chi connectivity index (χ4n) is 2.85. The standard InChI is InChI=1S/C18H25NO5/c1-4-23-15-7-6-14(12-16(15)24-5-2)17(20)19-10-8-13(9-11-19)18(21)22-3/h6-7,12-13H,4-5,8-11H2,1-3H3. The molecule has 132 valence electrons. The van der Waals surface area contributed by atoms with E-state index in [0.29, 0.717) is 56.2 Å². The van der Waals surface area contributed by atoms with Gasteiger partial charge in [-0.2, -0.15) is 0 Å². The summed E-state index contributed by atoms with van der Waals surface area (Å²) < 4.78 is 15.9. The molecule has 1 aliphatic rings. The van der Waals surface area contributed by atoms with Crippen molar-refractivity contribution in [2.24, 2.45) is 5.92 Å². The average molecular weight is 335 g/mol. The van der Waals surface area contributed by atoms with E-state index in [1.54, 1.807) is 23.1 Å². The van der Waals surface area contributed by atoms with Crippen molar-refractivity contribution in [2.45, 2.75) is 26.7 Å². The molecule has 6 heteroatoms. The fraction of sp³-hybridized carbons (Fsp3) is 0.556. The van der Waals surface area contributed by atoms with E-state index < -0.39 is 0 Å². The number of hydrogen-bond acceptors (Lipinski definition) is 5. The van der Waals surface area contributed by atoms with Crippen molar-refractivity contribution in [1.29, 1.82) is 0 Å². The highest BCUT2D eigenvalue weighted by Gasteiger charge is 2.28. The topological polar surface area (TPSA) is 65.1 Å². The number of benzene rings is 1. The third-order valence-electron chi connectivity index (χ3n) is 4.11. The van der Waals surface area contributed by atoms with Crippen LogP contribution in [-0.2, 0) is 9.53 Å². The highest BCUT2D eigenvalue weighted by Crippen LogP contribution is 2.29. The Bertz CT molecular complexity index is 579. The third kappa shape index (κ3) is 4.19. The SMILES string of the molecule is CCOc1ccc(C(=O)N2CCC(C(=O)OC)CC2)cc1OCC. The maximum Gasteiger partial charge on any atom is 0.308 e. The van der Waals surface area contributed by atoms with Gasteiger partial charge in [0.25, 0.3) is 5.91 Å². The van der Waals surface area contributed by atoms with E-state index in [9.17, 15) is 9.59 Å². The van der Waals surface area contributed by atoms with Gasteiger partial charge in [-0.05, 0) is 44.9 Å². The maximum absolute atomic E-state index is 12.7. The van der Waals surface area contributed by atoms with Crippen LogP contribution >= 0.6 is 0 Å². The predicted molar refractivity (Wildman–Crippen MR) is 89.4 cm³/mol. The van der Waals surface area contributed by atoms with Gasteiger partial charge in [0.2, 0.25) is 0 Å². The molecule has 0 spiro atoms. The number of esters is 1. The zero-order valence-electron chi connectivity index (χ0n) is 14.5. The molecule has 0 aromatic heterocycles. The summed E-state index contributed by atoms with van der Waals surface area (Å²) in [7, 11) is 1.40. The number of nitrogens with zero attached hydrogens (tertiary/aromatic N) is 1. The molecule has 6 nitrogen and oxygen atoms in total. The van der Waals surface area contributed by atoms with Crippen molar-refractivity contribution >= 4 is 11.9 Å². The van der Waals surface area contributed by atoms with Gasteiger partial charge in [-0.25, -0.2) is 0 Å². The van der Waals surface area contributed by atoms with Crippen LogP contribution in [0, 0.1) is 5.92 Å².